The molecule has 0 saturated heterocycles. The van der Waals surface area contributed by atoms with Crippen LogP contribution in [0.25, 0.3) is 10.9 Å². The number of ether oxygens (including phenoxy) is 1. The van der Waals surface area contributed by atoms with Crippen molar-refractivity contribution in [2.24, 2.45) is 0 Å². The van der Waals surface area contributed by atoms with Crippen LogP contribution in [0.5, 0.6) is 0 Å². The maximum Gasteiger partial charge on any atom is 0.325 e. The summed E-state index contributed by atoms with van der Waals surface area (Å²) in [4.78, 5) is 25.8. The lowest BCUT2D eigenvalue weighted by Crippen LogP contribution is -2.16. The van der Waals surface area contributed by atoms with E-state index in [4.69, 9.17) is 4.74 Å². The topological polar surface area (TPSA) is 94.4 Å². The summed E-state index contributed by atoms with van der Waals surface area (Å²) in [5, 5.41) is 14.4. The highest BCUT2D eigenvalue weighted by molar-refractivity contribution is 5.97. The minimum absolute atomic E-state index is 0.00432. The van der Waals surface area contributed by atoms with Crippen molar-refractivity contribution in [3.8, 4) is 0 Å². The number of aromatic nitrogens is 1. The number of para-hydroxylation sites is 1. The molecule has 104 valence electrons. The number of hydrogen-bond donors (Lipinski definition) is 1. The number of nitro groups is 1. The van der Waals surface area contributed by atoms with Gasteiger partial charge in [0.15, 0.2) is 0 Å². The number of hydrogen-bond acceptors (Lipinski definition) is 6. The largest absolute Gasteiger partial charge is 0.465 e. The first-order valence-corrected chi connectivity index (χ1v) is 6.05. The maximum absolute atomic E-state index is 11.3. The van der Waals surface area contributed by atoms with Crippen LogP contribution in [0.2, 0.25) is 0 Å². The molecule has 2 aromatic rings. The fourth-order valence-electron chi connectivity index (χ4n) is 1.84. The number of carbonyl (C=O) groups excluding carboxylic acids is 1. The predicted octanol–water partition coefficient (Wildman–Crippen LogP) is 2.12. The van der Waals surface area contributed by atoms with Crippen molar-refractivity contribution in [1.82, 2.24) is 4.98 Å². The van der Waals surface area contributed by atoms with Crippen LogP contribution in [-0.2, 0) is 9.53 Å². The zero-order valence-corrected chi connectivity index (χ0v) is 10.8. The minimum atomic E-state index is -0.482. The summed E-state index contributed by atoms with van der Waals surface area (Å²) in [5.41, 5.74) is 0.820. The molecule has 20 heavy (non-hydrogen) atoms. The number of pyridine rings is 1. The molecule has 0 saturated carbocycles. The first-order chi connectivity index (χ1) is 9.63. The average molecular weight is 275 g/mol. The summed E-state index contributed by atoms with van der Waals surface area (Å²) >= 11 is 0. The number of nitro benzene ring substituents is 1. The maximum atomic E-state index is 11.3. The Morgan fingerprint density at radius 1 is 1.45 bits per heavy atom. The van der Waals surface area contributed by atoms with Gasteiger partial charge in [-0.3, -0.25) is 14.9 Å². The van der Waals surface area contributed by atoms with E-state index in [0.29, 0.717) is 17.7 Å². The van der Waals surface area contributed by atoms with Gasteiger partial charge in [0.1, 0.15) is 12.1 Å². The fourth-order valence-corrected chi connectivity index (χ4v) is 1.84. The second-order valence-corrected chi connectivity index (χ2v) is 3.95. The van der Waals surface area contributed by atoms with Crippen molar-refractivity contribution < 1.29 is 14.5 Å². The number of esters is 1. The molecule has 0 fully saturated rings. The second-order valence-electron chi connectivity index (χ2n) is 3.95. The molecule has 7 nitrogen and oxygen atoms in total. The minimum Gasteiger partial charge on any atom is -0.465 e. The molecule has 0 aliphatic heterocycles. The average Bonchev–Trinajstić information content (AvgIpc) is 2.44. The fraction of sp³-hybridized carbons (Fsp3) is 0.231. The monoisotopic (exact) mass is 275 g/mol. The number of carbonyl (C=O) groups is 1. The highest BCUT2D eigenvalue weighted by Gasteiger charge is 2.14. The molecule has 0 aliphatic rings. The molecule has 0 amide bonds. The Morgan fingerprint density at radius 3 is 2.95 bits per heavy atom. The summed E-state index contributed by atoms with van der Waals surface area (Å²) in [6.07, 6.45) is 1.46. The van der Waals surface area contributed by atoms with Gasteiger partial charge in [0.05, 0.1) is 11.5 Å². The van der Waals surface area contributed by atoms with E-state index in [0.717, 1.165) is 0 Å². The van der Waals surface area contributed by atoms with Crippen molar-refractivity contribution in [1.29, 1.82) is 0 Å². The summed E-state index contributed by atoms with van der Waals surface area (Å²) in [6, 6.07) is 6.34. The summed E-state index contributed by atoms with van der Waals surface area (Å²) in [5.74, 6) is -0.386. The van der Waals surface area contributed by atoms with Gasteiger partial charge >= 0.3 is 5.97 Å². The number of rotatable bonds is 5. The first kappa shape index (κ1) is 13.7. The van der Waals surface area contributed by atoms with Gasteiger partial charge in [0.25, 0.3) is 5.69 Å². The zero-order valence-electron chi connectivity index (χ0n) is 10.8. The van der Waals surface area contributed by atoms with Gasteiger partial charge in [-0.15, -0.1) is 0 Å². The van der Waals surface area contributed by atoms with Crippen molar-refractivity contribution in [2.45, 2.75) is 6.92 Å². The van der Waals surface area contributed by atoms with Crippen LogP contribution in [0, 0.1) is 10.1 Å². The third-order valence-corrected chi connectivity index (χ3v) is 2.67. The smallest absolute Gasteiger partial charge is 0.325 e. The third-order valence-electron chi connectivity index (χ3n) is 2.67. The molecule has 1 heterocycles. The molecule has 7 heteroatoms. The Kier molecular flexibility index (Phi) is 4.09. The molecule has 1 aromatic heterocycles. The molecule has 0 radical (unpaired) electrons. The van der Waals surface area contributed by atoms with Crippen LogP contribution >= 0.6 is 0 Å². The van der Waals surface area contributed by atoms with E-state index < -0.39 is 4.92 Å². The number of benzene rings is 1. The lowest BCUT2D eigenvalue weighted by molar-refractivity contribution is -0.383. The summed E-state index contributed by atoms with van der Waals surface area (Å²) in [6.45, 7) is 2.03. The lowest BCUT2D eigenvalue weighted by atomic mass is 10.1. The molecular weight excluding hydrogens is 262 g/mol. The van der Waals surface area contributed by atoms with E-state index in [2.05, 4.69) is 10.3 Å². The quantitative estimate of drug-likeness (QED) is 0.510. The van der Waals surface area contributed by atoms with Gasteiger partial charge in [0.2, 0.25) is 0 Å². The van der Waals surface area contributed by atoms with Gasteiger partial charge in [0, 0.05) is 23.3 Å². The number of anilines is 1. The second kappa shape index (κ2) is 5.96. The number of nitrogens with one attached hydrogen (secondary N) is 1. The number of fused-ring (bicyclic) bond motifs is 1. The Morgan fingerprint density at radius 2 is 2.25 bits per heavy atom. The summed E-state index contributed by atoms with van der Waals surface area (Å²) < 4.78 is 4.81. The standard InChI is InChI=1S/C13H13N3O4/c1-2-20-12(17)8-15-10-6-7-14-13-9(10)4-3-5-11(13)16(18)19/h3-7H,2,8H2,1H3,(H,14,15). The SMILES string of the molecule is CCOC(=O)CNc1ccnc2c([N+](=O)[O-])cccc12. The molecule has 1 aromatic carbocycles. The Bertz CT molecular complexity index is 657. The van der Waals surface area contributed by atoms with Crippen LogP contribution in [0.1, 0.15) is 6.92 Å². The van der Waals surface area contributed by atoms with Crippen LogP contribution < -0.4 is 5.32 Å². The van der Waals surface area contributed by atoms with E-state index in [-0.39, 0.29) is 23.7 Å². The van der Waals surface area contributed by atoms with E-state index >= 15 is 0 Å². The van der Waals surface area contributed by atoms with Crippen LogP contribution in [-0.4, -0.2) is 29.0 Å². The Labute approximate surface area is 114 Å². The molecule has 0 unspecified atom stereocenters. The van der Waals surface area contributed by atoms with E-state index in [9.17, 15) is 14.9 Å². The third kappa shape index (κ3) is 2.82. The number of nitrogens with zero attached hydrogens (tertiary/aromatic N) is 2. The Hall–Kier alpha value is -2.70. The van der Waals surface area contributed by atoms with Crippen molar-refractivity contribution in [2.75, 3.05) is 18.5 Å². The van der Waals surface area contributed by atoms with Crippen molar-refractivity contribution >= 4 is 28.2 Å². The molecule has 0 bridgehead atoms. The van der Waals surface area contributed by atoms with Crippen molar-refractivity contribution in [3.05, 3.63) is 40.6 Å². The van der Waals surface area contributed by atoms with E-state index in [1.165, 1.54) is 12.3 Å². The van der Waals surface area contributed by atoms with Crippen molar-refractivity contribution in [3.63, 3.8) is 0 Å². The molecular formula is C13H13N3O4. The highest BCUT2D eigenvalue weighted by atomic mass is 16.6. The molecule has 2 rings (SSSR count). The predicted molar refractivity (Wildman–Crippen MR) is 73.5 cm³/mol. The normalized spacial score (nSPS) is 10.2. The molecule has 0 spiro atoms. The van der Waals surface area contributed by atoms with Gasteiger partial charge in [-0.25, -0.2) is 4.98 Å². The van der Waals surface area contributed by atoms with Crippen LogP contribution in [0.15, 0.2) is 30.5 Å². The van der Waals surface area contributed by atoms with Crippen LogP contribution in [0.4, 0.5) is 11.4 Å². The molecule has 0 atom stereocenters. The van der Waals surface area contributed by atoms with Gasteiger partial charge in [-0.05, 0) is 13.0 Å². The first-order valence-electron chi connectivity index (χ1n) is 6.05. The number of non-ortho nitro benzene ring substituents is 1. The van der Waals surface area contributed by atoms with Crippen LogP contribution in [0.3, 0.4) is 0 Å². The highest BCUT2D eigenvalue weighted by Crippen LogP contribution is 2.28. The van der Waals surface area contributed by atoms with E-state index in [1.807, 2.05) is 0 Å². The molecule has 0 aliphatic carbocycles. The van der Waals surface area contributed by atoms with Gasteiger partial charge < -0.3 is 10.1 Å². The van der Waals surface area contributed by atoms with Gasteiger partial charge in [-0.1, -0.05) is 12.1 Å². The molecule has 1 N–H and O–H groups in total. The zero-order chi connectivity index (χ0) is 14.5. The summed E-state index contributed by atoms with van der Waals surface area (Å²) in [7, 11) is 0. The lowest BCUT2D eigenvalue weighted by Gasteiger charge is -2.08. The van der Waals surface area contributed by atoms with E-state index in [1.54, 1.807) is 25.1 Å². The Balaban J connectivity index is 2.33. The van der Waals surface area contributed by atoms with Gasteiger partial charge in [-0.2, -0.15) is 0 Å².